The molecule has 0 saturated heterocycles. The molecule has 4 nitrogen and oxygen atoms in total. The number of furan rings is 1. The lowest BCUT2D eigenvalue weighted by molar-refractivity contribution is -0.137. The van der Waals surface area contributed by atoms with Crippen molar-refractivity contribution in [2.75, 3.05) is 5.43 Å². The van der Waals surface area contributed by atoms with Gasteiger partial charge < -0.3 is 4.42 Å². The minimum absolute atomic E-state index is 0.203. The monoisotopic (exact) mass is 459 g/mol. The van der Waals surface area contributed by atoms with Gasteiger partial charge in [0.05, 0.1) is 16.3 Å². The minimum Gasteiger partial charge on any atom is -0.448 e. The van der Waals surface area contributed by atoms with Gasteiger partial charge in [-0.05, 0) is 28.1 Å². The molecule has 0 atom stereocenters. The molecule has 0 aliphatic heterocycles. The summed E-state index contributed by atoms with van der Waals surface area (Å²) in [6, 6.07) is 3.84. The molecule has 0 saturated carbocycles. The molecule has 0 bridgehead atoms. The number of hydrogen-bond acceptors (Lipinski definition) is 4. The predicted molar refractivity (Wildman–Crippen MR) is 79.6 cm³/mol. The second-order valence-corrected chi connectivity index (χ2v) is 5.40. The Kier molecular flexibility index (Phi) is 4.68. The Hall–Kier alpha value is -1.10. The quantitative estimate of drug-likeness (QED) is 0.417. The third-order valence-electron chi connectivity index (χ3n) is 2.13. The van der Waals surface area contributed by atoms with Gasteiger partial charge in [-0.3, -0.25) is 5.43 Å². The normalized spacial score (nSPS) is 12.1. The first-order valence-corrected chi connectivity index (χ1v) is 7.00. The van der Waals surface area contributed by atoms with E-state index in [9.17, 15) is 13.2 Å². The zero-order chi connectivity index (χ0) is 14.8. The first-order valence-electron chi connectivity index (χ1n) is 5.13. The molecule has 0 fully saturated rings. The fourth-order valence-corrected chi connectivity index (χ4v) is 1.93. The topological polar surface area (TPSA) is 50.4 Å². The molecule has 2 rings (SSSR count). The van der Waals surface area contributed by atoms with Crippen LogP contribution in [-0.4, -0.2) is 11.2 Å². The molecule has 0 aliphatic rings. The molecule has 0 aliphatic carbocycles. The highest BCUT2D eigenvalue weighted by Crippen LogP contribution is 2.28. The van der Waals surface area contributed by atoms with Crippen LogP contribution in [-0.2, 0) is 6.18 Å². The maximum Gasteiger partial charge on any atom is 0.417 e. The van der Waals surface area contributed by atoms with E-state index >= 15 is 0 Å². The largest absolute Gasteiger partial charge is 0.448 e. The molecule has 0 unspecified atom stereocenters. The van der Waals surface area contributed by atoms with Crippen molar-refractivity contribution in [2.24, 2.45) is 5.10 Å². The summed E-state index contributed by atoms with van der Waals surface area (Å²) in [6.07, 6.45) is -2.26. The summed E-state index contributed by atoms with van der Waals surface area (Å²) in [7, 11) is 0. The molecular formula is C11H6BrF3IN3O. The molecule has 1 N–H and O–H groups in total. The highest BCUT2D eigenvalue weighted by molar-refractivity contribution is 14.1. The summed E-state index contributed by atoms with van der Waals surface area (Å²) >= 11 is 5.28. The van der Waals surface area contributed by atoms with E-state index in [-0.39, 0.29) is 5.82 Å². The van der Waals surface area contributed by atoms with Gasteiger partial charge in [0.1, 0.15) is 11.6 Å². The molecule has 2 aromatic rings. The summed E-state index contributed by atoms with van der Waals surface area (Å²) in [5.74, 6) is 0.704. The van der Waals surface area contributed by atoms with E-state index in [1.165, 1.54) is 12.3 Å². The van der Waals surface area contributed by atoms with Crippen molar-refractivity contribution in [3.8, 4) is 0 Å². The van der Waals surface area contributed by atoms with Crippen molar-refractivity contribution in [1.29, 1.82) is 0 Å². The number of hydrazone groups is 1. The predicted octanol–water partition coefficient (Wildman–Crippen LogP) is 4.51. The van der Waals surface area contributed by atoms with Crippen LogP contribution in [0.15, 0.2) is 38.4 Å². The van der Waals surface area contributed by atoms with Gasteiger partial charge >= 0.3 is 6.18 Å². The Morgan fingerprint density at radius 3 is 2.65 bits per heavy atom. The van der Waals surface area contributed by atoms with Gasteiger partial charge in [-0.15, -0.1) is 0 Å². The molecule has 20 heavy (non-hydrogen) atoms. The number of pyridine rings is 1. The van der Waals surface area contributed by atoms with Crippen molar-refractivity contribution in [3.63, 3.8) is 0 Å². The molecule has 0 radical (unpaired) electrons. The van der Waals surface area contributed by atoms with Crippen LogP contribution in [0.1, 0.15) is 11.3 Å². The molecule has 0 spiro atoms. The van der Waals surface area contributed by atoms with Crippen LogP contribution < -0.4 is 5.43 Å². The van der Waals surface area contributed by atoms with Crippen molar-refractivity contribution >= 4 is 50.6 Å². The number of halogens is 5. The Morgan fingerprint density at radius 1 is 1.40 bits per heavy atom. The highest BCUT2D eigenvalue weighted by atomic mass is 127. The van der Waals surface area contributed by atoms with E-state index in [4.69, 9.17) is 4.42 Å². The maximum atomic E-state index is 12.3. The number of rotatable bonds is 3. The minimum atomic E-state index is -4.40. The lowest BCUT2D eigenvalue weighted by atomic mass is 10.3. The number of aromatic nitrogens is 1. The molecule has 2 aromatic heterocycles. The molecule has 106 valence electrons. The standard InChI is InChI=1S/C11H6BrF3IN3O/c12-8-3-7(20-10(8)16)5-18-19-9-2-1-6(4-17-9)11(13,14)15/h1-5H,(H,17,19)/b18-5+. The lowest BCUT2D eigenvalue weighted by Gasteiger charge is -2.06. The van der Waals surface area contributed by atoms with E-state index < -0.39 is 11.7 Å². The van der Waals surface area contributed by atoms with Crippen LogP contribution in [0.4, 0.5) is 19.0 Å². The maximum absolute atomic E-state index is 12.3. The van der Waals surface area contributed by atoms with Gasteiger partial charge in [0.25, 0.3) is 0 Å². The summed E-state index contributed by atoms with van der Waals surface area (Å²) in [5.41, 5.74) is 1.70. The smallest absolute Gasteiger partial charge is 0.417 e. The van der Waals surface area contributed by atoms with Gasteiger partial charge in [-0.25, -0.2) is 4.98 Å². The number of anilines is 1. The van der Waals surface area contributed by atoms with Crippen LogP contribution in [0.5, 0.6) is 0 Å². The van der Waals surface area contributed by atoms with Crippen molar-refractivity contribution in [2.45, 2.75) is 6.18 Å². The number of alkyl halides is 3. The van der Waals surface area contributed by atoms with Gasteiger partial charge in [-0.1, -0.05) is 0 Å². The van der Waals surface area contributed by atoms with Crippen LogP contribution >= 0.6 is 38.5 Å². The third-order valence-corrected chi connectivity index (χ3v) is 4.26. The van der Waals surface area contributed by atoms with Gasteiger partial charge in [0.2, 0.25) is 0 Å². The first-order chi connectivity index (χ1) is 9.36. The molecule has 0 aromatic carbocycles. The van der Waals surface area contributed by atoms with Crippen molar-refractivity contribution in [1.82, 2.24) is 4.98 Å². The van der Waals surface area contributed by atoms with Crippen LogP contribution in [0.25, 0.3) is 0 Å². The van der Waals surface area contributed by atoms with E-state index in [1.807, 2.05) is 22.6 Å². The fraction of sp³-hybridized carbons (Fsp3) is 0.0909. The van der Waals surface area contributed by atoms with E-state index in [0.717, 1.165) is 16.7 Å². The number of hydrogen-bond donors (Lipinski definition) is 1. The number of nitrogens with zero attached hydrogens (tertiary/aromatic N) is 2. The second-order valence-electron chi connectivity index (χ2n) is 3.57. The molecular weight excluding hydrogens is 454 g/mol. The van der Waals surface area contributed by atoms with Gasteiger partial charge in [0, 0.05) is 34.9 Å². The van der Waals surface area contributed by atoms with E-state index in [0.29, 0.717) is 9.53 Å². The average molecular weight is 460 g/mol. The number of nitrogens with one attached hydrogen (secondary N) is 1. The summed E-state index contributed by atoms with van der Waals surface area (Å²) in [6.45, 7) is 0. The van der Waals surface area contributed by atoms with Crippen molar-refractivity contribution < 1.29 is 17.6 Å². The second kappa shape index (κ2) is 6.12. The average Bonchev–Trinajstić information content (AvgIpc) is 2.68. The summed E-state index contributed by atoms with van der Waals surface area (Å²) < 4.78 is 43.7. The highest BCUT2D eigenvalue weighted by Gasteiger charge is 2.30. The Balaban J connectivity index is 2.00. The third kappa shape index (κ3) is 3.95. The van der Waals surface area contributed by atoms with Crippen LogP contribution in [0.2, 0.25) is 0 Å². The Bertz CT molecular complexity index is 605. The lowest BCUT2D eigenvalue weighted by Crippen LogP contribution is -2.05. The van der Waals surface area contributed by atoms with Crippen LogP contribution in [0.3, 0.4) is 0 Å². The first kappa shape index (κ1) is 15.3. The zero-order valence-corrected chi connectivity index (χ0v) is 13.3. The zero-order valence-electron chi connectivity index (χ0n) is 9.58. The van der Waals surface area contributed by atoms with Crippen LogP contribution in [0, 0.1) is 3.77 Å². The molecule has 0 amide bonds. The summed E-state index contributed by atoms with van der Waals surface area (Å²) in [4.78, 5) is 3.61. The Morgan fingerprint density at radius 2 is 2.15 bits per heavy atom. The van der Waals surface area contributed by atoms with E-state index in [2.05, 4.69) is 31.4 Å². The van der Waals surface area contributed by atoms with Gasteiger partial charge in [-0.2, -0.15) is 18.3 Å². The Labute approximate surface area is 133 Å². The van der Waals surface area contributed by atoms with Gasteiger partial charge in [0.15, 0.2) is 3.77 Å². The SMILES string of the molecule is FC(F)(F)c1ccc(N/N=C/c2cc(Br)c(I)o2)nc1. The fourth-order valence-electron chi connectivity index (χ4n) is 1.22. The van der Waals surface area contributed by atoms with E-state index in [1.54, 1.807) is 6.07 Å². The summed E-state index contributed by atoms with van der Waals surface area (Å²) in [5, 5.41) is 3.82. The molecule has 2 heterocycles. The van der Waals surface area contributed by atoms with Crippen molar-refractivity contribution in [3.05, 3.63) is 44.0 Å². The molecule has 9 heteroatoms.